The number of rotatable bonds is 5. The average molecular weight is 399 g/mol. The monoisotopic (exact) mass is 399 g/mol. The Morgan fingerprint density at radius 3 is 2.63 bits per heavy atom. The van der Waals surface area contributed by atoms with Crippen molar-refractivity contribution < 1.29 is 9.53 Å². The normalized spacial score (nSPS) is 13.9. The zero-order valence-corrected chi connectivity index (χ0v) is 17.2. The number of nitrogens with zero attached hydrogens (tertiary/aromatic N) is 3. The Bertz CT molecular complexity index is 1100. The molecule has 3 aromatic carbocycles. The summed E-state index contributed by atoms with van der Waals surface area (Å²) >= 11 is 0. The Hall–Kier alpha value is -3.52. The molecule has 0 radical (unpaired) electrons. The van der Waals surface area contributed by atoms with Crippen LogP contribution >= 0.6 is 0 Å². The molecule has 1 fully saturated rings. The van der Waals surface area contributed by atoms with Crippen molar-refractivity contribution in [3.63, 3.8) is 0 Å². The first-order valence-electron chi connectivity index (χ1n) is 10.3. The predicted molar refractivity (Wildman–Crippen MR) is 118 cm³/mol. The van der Waals surface area contributed by atoms with Crippen molar-refractivity contribution in [1.29, 1.82) is 5.26 Å². The van der Waals surface area contributed by atoms with Crippen molar-refractivity contribution >= 4 is 22.4 Å². The van der Waals surface area contributed by atoms with E-state index in [1.807, 2.05) is 65.7 Å². The molecule has 3 aromatic rings. The minimum absolute atomic E-state index is 0.117. The molecule has 0 spiro atoms. The summed E-state index contributed by atoms with van der Waals surface area (Å²) in [7, 11) is 1.65. The summed E-state index contributed by atoms with van der Waals surface area (Å²) in [6, 6.07) is 21.9. The molecule has 0 saturated carbocycles. The molecular weight excluding hydrogens is 374 g/mol. The molecule has 0 aromatic heterocycles. The molecule has 0 unspecified atom stereocenters. The number of carbonyl (C=O) groups excluding carboxylic acids is 1. The van der Waals surface area contributed by atoms with E-state index < -0.39 is 0 Å². The van der Waals surface area contributed by atoms with Gasteiger partial charge in [0.05, 0.1) is 24.4 Å². The summed E-state index contributed by atoms with van der Waals surface area (Å²) in [6.45, 7) is 1.51. The van der Waals surface area contributed by atoms with Crippen LogP contribution in [0.3, 0.4) is 0 Å². The zero-order valence-electron chi connectivity index (χ0n) is 17.2. The second-order valence-corrected chi connectivity index (χ2v) is 7.49. The largest absolute Gasteiger partial charge is 0.497 e. The van der Waals surface area contributed by atoms with E-state index in [2.05, 4.69) is 11.1 Å². The van der Waals surface area contributed by atoms with Crippen LogP contribution in [0.4, 0.5) is 5.69 Å². The smallest absolute Gasteiger partial charge is 0.241 e. The van der Waals surface area contributed by atoms with E-state index in [0.717, 1.165) is 47.2 Å². The lowest BCUT2D eigenvalue weighted by Crippen LogP contribution is -2.50. The van der Waals surface area contributed by atoms with Gasteiger partial charge < -0.3 is 4.74 Å². The van der Waals surface area contributed by atoms with Crippen molar-refractivity contribution in [2.45, 2.75) is 25.7 Å². The van der Waals surface area contributed by atoms with Crippen LogP contribution in [0.5, 0.6) is 5.75 Å². The zero-order chi connectivity index (χ0) is 20.9. The Morgan fingerprint density at radius 2 is 1.83 bits per heavy atom. The Morgan fingerprint density at radius 1 is 1.03 bits per heavy atom. The van der Waals surface area contributed by atoms with Crippen molar-refractivity contribution in [3.8, 4) is 11.8 Å². The minimum atomic E-state index is 0.117. The number of aryl methyl sites for hydroxylation is 1. The van der Waals surface area contributed by atoms with E-state index >= 15 is 0 Å². The number of carbonyl (C=O) groups is 1. The summed E-state index contributed by atoms with van der Waals surface area (Å²) in [6.07, 6.45) is 3.15. The molecule has 1 aliphatic heterocycles. The topological polar surface area (TPSA) is 56.6 Å². The van der Waals surface area contributed by atoms with Gasteiger partial charge in [0, 0.05) is 30.3 Å². The number of benzene rings is 3. The predicted octanol–water partition coefficient (Wildman–Crippen LogP) is 4.70. The molecule has 1 heterocycles. The second-order valence-electron chi connectivity index (χ2n) is 7.49. The lowest BCUT2D eigenvalue weighted by atomic mass is 10.0. The molecule has 0 N–H and O–H groups in total. The standard InChI is InChI=1S/C25H25N3O2/c1-30-21-8-6-7-19(17-21)11-14-25(29)28-16-5-4-15-27(28)24-13-12-20(18-26)22-9-2-3-10-23(22)24/h2-3,6-10,12-13,17H,4-5,11,14-16H2,1H3. The highest BCUT2D eigenvalue weighted by molar-refractivity contribution is 5.98. The van der Waals surface area contributed by atoms with Gasteiger partial charge in [0.25, 0.3) is 0 Å². The second kappa shape index (κ2) is 8.87. The fourth-order valence-corrected chi connectivity index (χ4v) is 4.09. The molecule has 1 aliphatic rings. The van der Waals surface area contributed by atoms with Gasteiger partial charge in [-0.1, -0.05) is 36.4 Å². The van der Waals surface area contributed by atoms with Crippen LogP contribution in [0.25, 0.3) is 10.8 Å². The van der Waals surface area contributed by atoms with E-state index in [-0.39, 0.29) is 5.91 Å². The van der Waals surface area contributed by atoms with Crippen LogP contribution in [-0.2, 0) is 11.2 Å². The summed E-state index contributed by atoms with van der Waals surface area (Å²) in [5.74, 6) is 0.926. The van der Waals surface area contributed by atoms with Crippen LogP contribution < -0.4 is 9.75 Å². The van der Waals surface area contributed by atoms with E-state index in [4.69, 9.17) is 4.74 Å². The van der Waals surface area contributed by atoms with Crippen LogP contribution in [0, 0.1) is 11.3 Å². The van der Waals surface area contributed by atoms with Gasteiger partial charge >= 0.3 is 0 Å². The molecule has 0 bridgehead atoms. The number of methoxy groups -OCH3 is 1. The van der Waals surface area contributed by atoms with Gasteiger partial charge in [-0.2, -0.15) is 5.26 Å². The summed E-state index contributed by atoms with van der Waals surface area (Å²) in [4.78, 5) is 13.2. The molecule has 1 saturated heterocycles. The number of amides is 1. The molecule has 4 rings (SSSR count). The van der Waals surface area contributed by atoms with Gasteiger partial charge in [-0.15, -0.1) is 0 Å². The average Bonchev–Trinajstić information content (AvgIpc) is 2.82. The van der Waals surface area contributed by atoms with E-state index in [9.17, 15) is 10.1 Å². The van der Waals surface area contributed by atoms with Gasteiger partial charge in [0.1, 0.15) is 5.75 Å². The van der Waals surface area contributed by atoms with Gasteiger partial charge in [0.2, 0.25) is 5.91 Å². The van der Waals surface area contributed by atoms with Crippen molar-refractivity contribution in [3.05, 3.63) is 71.8 Å². The van der Waals surface area contributed by atoms with Gasteiger partial charge in [-0.05, 0) is 49.1 Å². The van der Waals surface area contributed by atoms with Crippen molar-refractivity contribution in [2.75, 3.05) is 25.2 Å². The lowest BCUT2D eigenvalue weighted by molar-refractivity contribution is -0.132. The number of ether oxygens (including phenoxy) is 1. The number of hydrazine groups is 1. The van der Waals surface area contributed by atoms with Gasteiger partial charge in [0.15, 0.2) is 0 Å². The maximum Gasteiger partial charge on any atom is 0.241 e. The Kier molecular flexibility index (Phi) is 5.85. The number of hydrogen-bond donors (Lipinski definition) is 0. The van der Waals surface area contributed by atoms with Crippen LogP contribution in [0.2, 0.25) is 0 Å². The third-order valence-corrected chi connectivity index (χ3v) is 5.63. The molecular formula is C25H25N3O2. The fraction of sp³-hybridized carbons (Fsp3) is 0.280. The molecule has 5 heteroatoms. The lowest BCUT2D eigenvalue weighted by Gasteiger charge is -2.41. The quantitative estimate of drug-likeness (QED) is 0.624. The summed E-state index contributed by atoms with van der Waals surface area (Å²) in [5.41, 5.74) is 2.73. The van der Waals surface area contributed by atoms with E-state index in [0.29, 0.717) is 24.9 Å². The first-order valence-corrected chi connectivity index (χ1v) is 10.3. The highest BCUT2D eigenvalue weighted by atomic mass is 16.5. The third-order valence-electron chi connectivity index (χ3n) is 5.63. The molecule has 152 valence electrons. The molecule has 5 nitrogen and oxygen atoms in total. The maximum atomic E-state index is 13.2. The third kappa shape index (κ3) is 3.95. The summed E-state index contributed by atoms with van der Waals surface area (Å²) in [5, 5.41) is 15.4. The first-order chi connectivity index (χ1) is 14.7. The highest BCUT2D eigenvalue weighted by Crippen LogP contribution is 2.32. The Labute approximate surface area is 177 Å². The molecule has 30 heavy (non-hydrogen) atoms. The SMILES string of the molecule is COc1cccc(CCC(=O)N2CCCCN2c2ccc(C#N)c3ccccc23)c1. The maximum absolute atomic E-state index is 13.2. The van der Waals surface area contributed by atoms with Crippen LogP contribution in [-0.4, -0.2) is 31.1 Å². The van der Waals surface area contributed by atoms with E-state index in [1.165, 1.54) is 0 Å². The fourth-order valence-electron chi connectivity index (χ4n) is 4.09. The summed E-state index contributed by atoms with van der Waals surface area (Å²) < 4.78 is 5.29. The van der Waals surface area contributed by atoms with Gasteiger partial charge in [-0.25, -0.2) is 0 Å². The number of fused-ring (bicyclic) bond motifs is 1. The first kappa shape index (κ1) is 19.8. The number of nitriles is 1. The highest BCUT2D eigenvalue weighted by Gasteiger charge is 2.26. The molecule has 1 amide bonds. The van der Waals surface area contributed by atoms with Crippen LogP contribution in [0.15, 0.2) is 60.7 Å². The van der Waals surface area contributed by atoms with Crippen molar-refractivity contribution in [1.82, 2.24) is 5.01 Å². The number of anilines is 1. The van der Waals surface area contributed by atoms with Gasteiger partial charge in [-0.3, -0.25) is 14.8 Å². The van der Waals surface area contributed by atoms with Crippen LogP contribution in [0.1, 0.15) is 30.4 Å². The van der Waals surface area contributed by atoms with E-state index in [1.54, 1.807) is 7.11 Å². The minimum Gasteiger partial charge on any atom is -0.497 e. The van der Waals surface area contributed by atoms with Crippen molar-refractivity contribution in [2.24, 2.45) is 0 Å². The molecule has 0 aliphatic carbocycles. The Balaban J connectivity index is 1.58. The number of hydrogen-bond acceptors (Lipinski definition) is 4. The molecule has 0 atom stereocenters.